The van der Waals surface area contributed by atoms with Gasteiger partial charge in [-0.05, 0) is 43.4 Å². The number of hydrogen-bond acceptors (Lipinski definition) is 6. The molecule has 0 radical (unpaired) electrons. The smallest absolute Gasteiger partial charge is 0.251 e. The predicted molar refractivity (Wildman–Crippen MR) is 103 cm³/mol. The fraction of sp³-hybridized carbons (Fsp3) is 0.438. The number of thioether (sulfide) groups is 1. The highest BCUT2D eigenvalue weighted by molar-refractivity contribution is 8.01. The molecule has 0 unspecified atom stereocenters. The van der Waals surface area contributed by atoms with Crippen LogP contribution in [0.3, 0.4) is 0 Å². The second-order valence-corrected chi connectivity index (χ2v) is 8.38. The van der Waals surface area contributed by atoms with Crippen LogP contribution in [0.4, 0.5) is 0 Å². The van der Waals surface area contributed by atoms with Gasteiger partial charge in [-0.15, -0.1) is 0 Å². The van der Waals surface area contributed by atoms with E-state index in [1.807, 2.05) is 36.0 Å². The van der Waals surface area contributed by atoms with Crippen molar-refractivity contribution in [2.24, 2.45) is 0 Å². The first-order chi connectivity index (χ1) is 11.5. The van der Waals surface area contributed by atoms with Gasteiger partial charge in [-0.3, -0.25) is 9.69 Å². The summed E-state index contributed by atoms with van der Waals surface area (Å²) in [7, 11) is 3.67. The molecule has 1 heterocycles. The van der Waals surface area contributed by atoms with E-state index >= 15 is 0 Å². The summed E-state index contributed by atoms with van der Waals surface area (Å²) in [4.78, 5) is 13.7. The topological polar surface area (TPSA) is 50.2 Å². The highest BCUT2D eigenvalue weighted by Gasteiger charge is 2.08. The summed E-state index contributed by atoms with van der Waals surface area (Å²) in [6.07, 6.45) is 1.13. The molecule has 0 aliphatic heterocycles. The van der Waals surface area contributed by atoms with Crippen LogP contribution in [0.2, 0.25) is 0 Å². The maximum absolute atomic E-state index is 11.6. The third-order valence-electron chi connectivity index (χ3n) is 3.29. The molecule has 24 heavy (non-hydrogen) atoms. The molecule has 8 heteroatoms. The zero-order valence-corrected chi connectivity index (χ0v) is 16.6. The Labute approximate surface area is 156 Å². The molecule has 2 rings (SSSR count). The summed E-state index contributed by atoms with van der Waals surface area (Å²) >= 11 is 8.73. The lowest BCUT2D eigenvalue weighted by molar-refractivity contribution is 0.0963. The maximum atomic E-state index is 11.6. The Kier molecular flexibility index (Phi) is 7.41. The van der Waals surface area contributed by atoms with E-state index in [0.29, 0.717) is 12.2 Å². The van der Waals surface area contributed by atoms with E-state index in [1.54, 1.807) is 30.1 Å². The van der Waals surface area contributed by atoms with E-state index in [0.717, 1.165) is 32.6 Å². The largest absolute Gasteiger partial charge is 0.355 e. The first-order valence-corrected chi connectivity index (χ1v) is 9.94. The van der Waals surface area contributed by atoms with Crippen LogP contribution in [0, 0.1) is 3.95 Å². The standard InChI is InChI=1S/C16H22N4OS3/c1-4-9-23-15-18-20(16(22)24-15)11-19(3)10-12-5-7-13(8-6-12)14(21)17-2/h5-8H,4,9-11H2,1-3H3,(H,17,21). The molecule has 2 aromatic rings. The van der Waals surface area contributed by atoms with Crippen LogP contribution in [0.5, 0.6) is 0 Å². The number of amides is 1. The number of aromatic nitrogens is 2. The first kappa shape index (κ1) is 19.1. The number of hydrogen-bond donors (Lipinski definition) is 1. The first-order valence-electron chi connectivity index (χ1n) is 7.73. The fourth-order valence-electron chi connectivity index (χ4n) is 2.12. The van der Waals surface area contributed by atoms with Crippen LogP contribution in [0.15, 0.2) is 28.6 Å². The van der Waals surface area contributed by atoms with Crippen molar-refractivity contribution in [3.8, 4) is 0 Å². The molecule has 1 amide bonds. The normalized spacial score (nSPS) is 11.0. The Morgan fingerprint density at radius 1 is 1.42 bits per heavy atom. The molecule has 130 valence electrons. The maximum Gasteiger partial charge on any atom is 0.251 e. The molecule has 0 atom stereocenters. The number of nitrogens with one attached hydrogen (secondary N) is 1. The highest BCUT2D eigenvalue weighted by Crippen LogP contribution is 2.22. The van der Waals surface area contributed by atoms with Gasteiger partial charge in [-0.1, -0.05) is 42.2 Å². The zero-order valence-electron chi connectivity index (χ0n) is 14.1. The van der Waals surface area contributed by atoms with Gasteiger partial charge in [0.2, 0.25) is 0 Å². The summed E-state index contributed by atoms with van der Waals surface area (Å²) < 4.78 is 3.71. The molecular weight excluding hydrogens is 360 g/mol. The second kappa shape index (κ2) is 9.31. The van der Waals surface area contributed by atoms with E-state index in [-0.39, 0.29) is 5.91 Å². The average molecular weight is 383 g/mol. The molecule has 0 saturated carbocycles. The molecular formula is C16H22N4OS3. The molecule has 0 saturated heterocycles. The third-order valence-corrected chi connectivity index (χ3v) is 5.94. The zero-order chi connectivity index (χ0) is 17.5. The van der Waals surface area contributed by atoms with Crippen LogP contribution in [0.25, 0.3) is 0 Å². The predicted octanol–water partition coefficient (Wildman–Crippen LogP) is 3.63. The van der Waals surface area contributed by atoms with Crippen molar-refractivity contribution in [1.82, 2.24) is 20.0 Å². The lowest BCUT2D eigenvalue weighted by atomic mass is 10.1. The van der Waals surface area contributed by atoms with Gasteiger partial charge in [0.15, 0.2) is 8.29 Å². The number of rotatable bonds is 8. The third kappa shape index (κ3) is 5.41. The van der Waals surface area contributed by atoms with Crippen molar-refractivity contribution < 1.29 is 4.79 Å². The quantitative estimate of drug-likeness (QED) is 0.558. The monoisotopic (exact) mass is 382 g/mol. The highest BCUT2D eigenvalue weighted by atomic mass is 32.2. The molecule has 1 aromatic carbocycles. The Hall–Kier alpha value is -1.22. The number of nitrogens with zero attached hydrogens (tertiary/aromatic N) is 3. The van der Waals surface area contributed by atoms with Crippen molar-refractivity contribution in [2.75, 3.05) is 19.8 Å². The van der Waals surface area contributed by atoms with Crippen LogP contribution in [-0.2, 0) is 13.2 Å². The lowest BCUT2D eigenvalue weighted by Gasteiger charge is -2.16. The second-order valence-electron chi connectivity index (χ2n) is 5.41. The number of carbonyl (C=O) groups is 1. The van der Waals surface area contributed by atoms with Crippen LogP contribution in [0.1, 0.15) is 29.3 Å². The summed E-state index contributed by atoms with van der Waals surface area (Å²) in [6, 6.07) is 7.64. The van der Waals surface area contributed by atoms with E-state index in [4.69, 9.17) is 12.2 Å². The van der Waals surface area contributed by atoms with Gasteiger partial charge in [0.25, 0.3) is 5.91 Å². The van der Waals surface area contributed by atoms with E-state index in [1.165, 1.54) is 0 Å². The van der Waals surface area contributed by atoms with Gasteiger partial charge < -0.3 is 5.32 Å². The fourth-order valence-corrected chi connectivity index (χ4v) is 4.36. The van der Waals surface area contributed by atoms with E-state index in [2.05, 4.69) is 22.2 Å². The molecule has 0 spiro atoms. The molecule has 0 fully saturated rings. The van der Waals surface area contributed by atoms with Gasteiger partial charge in [0.05, 0.1) is 6.67 Å². The van der Waals surface area contributed by atoms with Gasteiger partial charge >= 0.3 is 0 Å². The molecule has 5 nitrogen and oxygen atoms in total. The minimum atomic E-state index is -0.0687. The average Bonchev–Trinajstić information content (AvgIpc) is 2.92. The van der Waals surface area contributed by atoms with Crippen molar-refractivity contribution >= 4 is 41.2 Å². The molecule has 0 aliphatic carbocycles. The van der Waals surface area contributed by atoms with Crippen molar-refractivity contribution in [3.63, 3.8) is 0 Å². The van der Waals surface area contributed by atoms with Crippen molar-refractivity contribution in [2.45, 2.75) is 30.9 Å². The number of carbonyl (C=O) groups excluding carboxylic acids is 1. The Bertz CT molecular complexity index is 724. The van der Waals surface area contributed by atoms with Gasteiger partial charge in [-0.2, -0.15) is 5.10 Å². The molecule has 0 bridgehead atoms. The Balaban J connectivity index is 1.95. The van der Waals surface area contributed by atoms with Crippen LogP contribution < -0.4 is 5.32 Å². The summed E-state index contributed by atoms with van der Waals surface area (Å²) in [6.45, 7) is 3.58. The van der Waals surface area contributed by atoms with Gasteiger partial charge in [-0.25, -0.2) is 4.68 Å². The van der Waals surface area contributed by atoms with Gasteiger partial charge in [0.1, 0.15) is 0 Å². The Morgan fingerprint density at radius 3 is 2.75 bits per heavy atom. The van der Waals surface area contributed by atoms with Crippen LogP contribution >= 0.6 is 35.3 Å². The summed E-state index contributed by atoms with van der Waals surface area (Å²) in [5.74, 6) is 0.997. The SMILES string of the molecule is CCCSc1nn(CN(C)Cc2ccc(C(=O)NC)cc2)c(=S)s1. The van der Waals surface area contributed by atoms with Crippen LogP contribution in [-0.4, -0.2) is 40.4 Å². The molecule has 1 N–H and O–H groups in total. The minimum Gasteiger partial charge on any atom is -0.355 e. The molecule has 1 aromatic heterocycles. The number of benzene rings is 1. The minimum absolute atomic E-state index is 0.0687. The lowest BCUT2D eigenvalue weighted by Crippen LogP contribution is -2.22. The van der Waals surface area contributed by atoms with Gasteiger partial charge in [0, 0.05) is 24.9 Å². The van der Waals surface area contributed by atoms with E-state index < -0.39 is 0 Å². The molecule has 0 aliphatic rings. The Morgan fingerprint density at radius 2 is 2.12 bits per heavy atom. The van der Waals surface area contributed by atoms with Crippen molar-refractivity contribution in [1.29, 1.82) is 0 Å². The van der Waals surface area contributed by atoms with E-state index in [9.17, 15) is 4.79 Å². The summed E-state index contributed by atoms with van der Waals surface area (Å²) in [5, 5.41) is 7.20. The summed E-state index contributed by atoms with van der Waals surface area (Å²) in [5.41, 5.74) is 1.82. The van der Waals surface area contributed by atoms with Crippen molar-refractivity contribution in [3.05, 3.63) is 39.3 Å².